The highest BCUT2D eigenvalue weighted by atomic mass is 16.2. The summed E-state index contributed by atoms with van der Waals surface area (Å²) in [4.78, 5) is 28.6. The van der Waals surface area contributed by atoms with Gasteiger partial charge in [-0.2, -0.15) is 0 Å². The lowest BCUT2D eigenvalue weighted by Crippen LogP contribution is -2.61. The average molecular weight is 485 g/mol. The molecule has 0 bridgehead atoms. The van der Waals surface area contributed by atoms with Crippen molar-refractivity contribution in [3.8, 4) is 0 Å². The maximum atomic E-state index is 14.4. The van der Waals surface area contributed by atoms with Gasteiger partial charge >= 0.3 is 0 Å². The zero-order valence-electron chi connectivity index (χ0n) is 21.8. The van der Waals surface area contributed by atoms with Crippen LogP contribution in [0, 0.1) is 34.5 Å². The van der Waals surface area contributed by atoms with Crippen molar-refractivity contribution in [3.05, 3.63) is 66.2 Å². The van der Waals surface area contributed by atoms with E-state index in [0.717, 1.165) is 37.8 Å². The summed E-state index contributed by atoms with van der Waals surface area (Å²) in [6.07, 6.45) is 8.46. The molecule has 4 aliphatic rings. The number of carbonyl (C=O) groups is 2. The van der Waals surface area contributed by atoms with E-state index >= 15 is 0 Å². The lowest BCUT2D eigenvalue weighted by Gasteiger charge is -2.60. The minimum atomic E-state index is 0.0586. The van der Waals surface area contributed by atoms with Gasteiger partial charge in [0.15, 0.2) is 0 Å². The maximum absolute atomic E-state index is 14.4. The normalized spacial score (nSPS) is 37.3. The van der Waals surface area contributed by atoms with Crippen LogP contribution in [0.15, 0.2) is 60.7 Å². The molecule has 0 radical (unpaired) electrons. The Morgan fingerprint density at radius 3 is 2.31 bits per heavy atom. The standard InChI is InChI=1S/C32H40N2O2/c1-31-19-17-26-24(13-16-28-32(26,2)20-18-29(35)33-28)25(31)14-15-27(31)30(36)34(23-11-7-4-8-12-23)21-22-9-5-3-6-10-22/h3-12,24-28H,13-21H2,1-2H3,(H,33,35)/t24-,25-,26-,27+,28+,31-,32+/m0/s1. The van der Waals surface area contributed by atoms with Gasteiger partial charge in [0.05, 0.1) is 6.54 Å². The minimum absolute atomic E-state index is 0.0586. The summed E-state index contributed by atoms with van der Waals surface area (Å²) in [5.74, 6) is 2.56. The number of hydrogen-bond donors (Lipinski definition) is 1. The Kier molecular flexibility index (Phi) is 5.97. The third-order valence-electron chi connectivity index (χ3n) is 10.9. The van der Waals surface area contributed by atoms with E-state index in [0.29, 0.717) is 42.7 Å². The van der Waals surface area contributed by atoms with Crippen LogP contribution in [0.1, 0.15) is 70.8 Å². The van der Waals surface area contributed by atoms with E-state index in [9.17, 15) is 9.59 Å². The number of carbonyl (C=O) groups excluding carboxylic acids is 2. The lowest BCUT2D eigenvalue weighted by molar-refractivity contribution is -0.140. The molecule has 0 unspecified atom stereocenters. The first-order valence-corrected chi connectivity index (χ1v) is 14.1. The number of benzene rings is 2. The van der Waals surface area contributed by atoms with E-state index in [4.69, 9.17) is 0 Å². The number of amides is 2. The summed E-state index contributed by atoms with van der Waals surface area (Å²) < 4.78 is 0. The van der Waals surface area contributed by atoms with Crippen LogP contribution < -0.4 is 10.2 Å². The number of anilines is 1. The van der Waals surface area contributed by atoms with Crippen LogP contribution in [0.5, 0.6) is 0 Å². The third kappa shape index (κ3) is 3.79. The molecule has 2 amide bonds. The van der Waals surface area contributed by atoms with Crippen LogP contribution in [0.4, 0.5) is 5.69 Å². The smallest absolute Gasteiger partial charge is 0.230 e. The predicted octanol–water partition coefficient (Wildman–Crippen LogP) is 6.36. The lowest BCUT2D eigenvalue weighted by atomic mass is 9.47. The first-order valence-electron chi connectivity index (χ1n) is 14.1. The second-order valence-electron chi connectivity index (χ2n) is 12.5. The summed E-state index contributed by atoms with van der Waals surface area (Å²) in [7, 11) is 0. The first kappa shape index (κ1) is 23.8. The van der Waals surface area contributed by atoms with Crippen LogP contribution in [0.25, 0.3) is 0 Å². The van der Waals surface area contributed by atoms with Gasteiger partial charge in [-0.1, -0.05) is 62.4 Å². The van der Waals surface area contributed by atoms with Crippen molar-refractivity contribution in [1.82, 2.24) is 5.32 Å². The molecule has 0 spiro atoms. The highest BCUT2D eigenvalue weighted by Gasteiger charge is 2.61. The van der Waals surface area contributed by atoms with Gasteiger partial charge in [-0.15, -0.1) is 0 Å². The Hall–Kier alpha value is -2.62. The molecule has 190 valence electrons. The highest BCUT2D eigenvalue weighted by Crippen LogP contribution is 2.65. The summed E-state index contributed by atoms with van der Waals surface area (Å²) in [6, 6.07) is 21.0. The molecule has 1 heterocycles. The fraction of sp³-hybridized carbons (Fsp3) is 0.562. The SMILES string of the molecule is C[C@]12CCC(=O)N[C@@H]1CC[C@@H]1[C@@H]2CC[C@]2(C)[C@@H](C(=O)N(Cc3ccccc3)c3ccccc3)CC[C@@H]12. The molecule has 36 heavy (non-hydrogen) atoms. The quantitative estimate of drug-likeness (QED) is 0.549. The molecule has 3 aliphatic carbocycles. The van der Waals surface area contributed by atoms with Gasteiger partial charge in [0.2, 0.25) is 11.8 Å². The number of para-hydroxylation sites is 1. The van der Waals surface area contributed by atoms with Gasteiger partial charge in [0, 0.05) is 24.1 Å². The third-order valence-corrected chi connectivity index (χ3v) is 10.9. The zero-order chi connectivity index (χ0) is 24.9. The average Bonchev–Trinajstić information content (AvgIpc) is 3.25. The minimum Gasteiger partial charge on any atom is -0.353 e. The molecule has 2 aromatic carbocycles. The van der Waals surface area contributed by atoms with Crippen molar-refractivity contribution in [2.45, 2.75) is 77.8 Å². The number of hydrogen-bond acceptors (Lipinski definition) is 2. The van der Waals surface area contributed by atoms with Crippen molar-refractivity contribution >= 4 is 17.5 Å². The van der Waals surface area contributed by atoms with E-state index < -0.39 is 0 Å². The van der Waals surface area contributed by atoms with E-state index in [2.05, 4.69) is 60.5 Å². The highest BCUT2D eigenvalue weighted by molar-refractivity contribution is 5.95. The summed E-state index contributed by atoms with van der Waals surface area (Å²) in [6.45, 7) is 5.50. The van der Waals surface area contributed by atoms with Gasteiger partial charge in [-0.25, -0.2) is 0 Å². The first-order chi connectivity index (χ1) is 17.4. The number of piperidine rings is 1. The Morgan fingerprint density at radius 2 is 1.56 bits per heavy atom. The van der Waals surface area contributed by atoms with E-state index in [1.54, 1.807) is 0 Å². The Labute approximate surface area is 215 Å². The molecule has 4 nitrogen and oxygen atoms in total. The molecule has 4 fully saturated rings. The van der Waals surface area contributed by atoms with Crippen molar-refractivity contribution in [2.75, 3.05) is 4.90 Å². The van der Waals surface area contributed by atoms with Crippen LogP contribution in [0.3, 0.4) is 0 Å². The van der Waals surface area contributed by atoms with Crippen LogP contribution in [0.2, 0.25) is 0 Å². The molecular formula is C32H40N2O2. The Morgan fingerprint density at radius 1 is 0.861 bits per heavy atom. The zero-order valence-corrected chi connectivity index (χ0v) is 21.8. The van der Waals surface area contributed by atoms with Crippen molar-refractivity contribution in [3.63, 3.8) is 0 Å². The van der Waals surface area contributed by atoms with Gasteiger partial charge in [-0.05, 0) is 91.2 Å². The predicted molar refractivity (Wildman–Crippen MR) is 143 cm³/mol. The van der Waals surface area contributed by atoms with Gasteiger partial charge in [-0.3, -0.25) is 9.59 Å². The van der Waals surface area contributed by atoms with E-state index in [1.165, 1.54) is 18.4 Å². The number of rotatable bonds is 4. The van der Waals surface area contributed by atoms with Gasteiger partial charge < -0.3 is 10.2 Å². The molecule has 2 aromatic rings. The second kappa shape index (κ2) is 9.04. The van der Waals surface area contributed by atoms with Crippen LogP contribution in [-0.2, 0) is 16.1 Å². The summed E-state index contributed by atoms with van der Waals surface area (Å²) in [5, 5.41) is 3.34. The van der Waals surface area contributed by atoms with Crippen LogP contribution in [-0.4, -0.2) is 17.9 Å². The molecule has 0 aromatic heterocycles. The largest absolute Gasteiger partial charge is 0.353 e. The van der Waals surface area contributed by atoms with Crippen LogP contribution >= 0.6 is 0 Å². The maximum Gasteiger partial charge on any atom is 0.230 e. The molecule has 6 rings (SSSR count). The Balaban J connectivity index is 1.27. The number of nitrogens with zero attached hydrogens (tertiary/aromatic N) is 1. The fourth-order valence-electron chi connectivity index (χ4n) is 8.97. The second-order valence-corrected chi connectivity index (χ2v) is 12.5. The Bertz CT molecular complexity index is 1120. The molecule has 1 saturated heterocycles. The molecule has 4 heteroatoms. The van der Waals surface area contributed by atoms with Gasteiger partial charge in [0.1, 0.15) is 0 Å². The van der Waals surface area contributed by atoms with E-state index in [-0.39, 0.29) is 22.7 Å². The van der Waals surface area contributed by atoms with Crippen molar-refractivity contribution in [2.24, 2.45) is 34.5 Å². The van der Waals surface area contributed by atoms with Gasteiger partial charge in [0.25, 0.3) is 0 Å². The number of fused-ring (bicyclic) bond motifs is 5. The molecule has 1 N–H and O–H groups in total. The monoisotopic (exact) mass is 484 g/mol. The molecule has 7 atom stereocenters. The molecule has 3 saturated carbocycles. The van der Waals surface area contributed by atoms with E-state index in [1.807, 2.05) is 24.3 Å². The molecule has 1 aliphatic heterocycles. The fourth-order valence-corrected chi connectivity index (χ4v) is 8.97. The summed E-state index contributed by atoms with van der Waals surface area (Å²) >= 11 is 0. The summed E-state index contributed by atoms with van der Waals surface area (Å²) in [5.41, 5.74) is 2.44. The topological polar surface area (TPSA) is 49.4 Å². The van der Waals surface area contributed by atoms with Crippen molar-refractivity contribution in [1.29, 1.82) is 0 Å². The van der Waals surface area contributed by atoms with Crippen molar-refractivity contribution < 1.29 is 9.59 Å². The number of nitrogens with one attached hydrogen (secondary N) is 1. The molecular weight excluding hydrogens is 444 g/mol.